The number of hydrogen-bond donors (Lipinski definition) is 0. The van der Waals surface area contributed by atoms with Gasteiger partial charge in [-0.15, -0.1) is 0 Å². The van der Waals surface area contributed by atoms with Crippen LogP contribution >= 0.6 is 0 Å². The summed E-state index contributed by atoms with van der Waals surface area (Å²) in [6.07, 6.45) is 1.44. The molecule has 9 heteroatoms. The standard InChI is InChI=1S/C12H15N3O6/c1-2-13-5-9(15(19)20)11(17)14(12(13)18)6-10(16)8-3-4-21-7-8/h5,8H,2-4,6-7H2,1H3. The molecule has 0 aliphatic carbocycles. The lowest BCUT2D eigenvalue weighted by molar-refractivity contribution is -0.387. The fourth-order valence-corrected chi connectivity index (χ4v) is 2.20. The van der Waals surface area contributed by atoms with E-state index < -0.39 is 28.4 Å². The Bertz CT molecular complexity index is 683. The van der Waals surface area contributed by atoms with E-state index in [0.29, 0.717) is 17.6 Å². The zero-order chi connectivity index (χ0) is 15.6. The van der Waals surface area contributed by atoms with Crippen LogP contribution in [0.3, 0.4) is 0 Å². The second-order valence-corrected chi connectivity index (χ2v) is 4.76. The predicted octanol–water partition coefficient (Wildman–Crippen LogP) is -0.456. The molecule has 0 spiro atoms. The number of ether oxygens (including phenoxy) is 1. The van der Waals surface area contributed by atoms with Gasteiger partial charge in [0.2, 0.25) is 0 Å². The SMILES string of the molecule is CCn1cc([N+](=O)[O-])c(=O)n(CC(=O)C2CCOC2)c1=O. The molecule has 0 amide bonds. The van der Waals surface area contributed by atoms with Crippen molar-refractivity contribution < 1.29 is 14.5 Å². The first-order valence-corrected chi connectivity index (χ1v) is 6.54. The van der Waals surface area contributed by atoms with Crippen LogP contribution in [-0.2, 0) is 22.6 Å². The van der Waals surface area contributed by atoms with Crippen LogP contribution in [0.4, 0.5) is 5.69 Å². The molecule has 0 radical (unpaired) electrons. The molecule has 0 saturated carbocycles. The highest BCUT2D eigenvalue weighted by Gasteiger charge is 2.26. The molecule has 1 aliphatic heterocycles. The van der Waals surface area contributed by atoms with Crippen LogP contribution in [-0.4, -0.2) is 33.1 Å². The van der Waals surface area contributed by atoms with Gasteiger partial charge in [0.1, 0.15) is 0 Å². The second kappa shape index (κ2) is 6.00. The summed E-state index contributed by atoms with van der Waals surface area (Å²) in [5.41, 5.74) is -2.49. The molecule has 114 valence electrons. The van der Waals surface area contributed by atoms with Crippen molar-refractivity contribution in [2.24, 2.45) is 5.92 Å². The Morgan fingerprint density at radius 2 is 2.24 bits per heavy atom. The lowest BCUT2D eigenvalue weighted by Gasteiger charge is -2.10. The van der Waals surface area contributed by atoms with Crippen molar-refractivity contribution >= 4 is 11.5 Å². The van der Waals surface area contributed by atoms with E-state index in [1.165, 1.54) is 0 Å². The molecule has 1 aromatic rings. The van der Waals surface area contributed by atoms with Crippen LogP contribution in [0.15, 0.2) is 15.8 Å². The third-order valence-electron chi connectivity index (χ3n) is 3.46. The maximum atomic E-state index is 12.1. The zero-order valence-corrected chi connectivity index (χ0v) is 11.5. The van der Waals surface area contributed by atoms with Crippen molar-refractivity contribution in [1.29, 1.82) is 0 Å². The van der Waals surface area contributed by atoms with Gasteiger partial charge < -0.3 is 4.74 Å². The van der Waals surface area contributed by atoms with E-state index in [1.54, 1.807) is 6.92 Å². The van der Waals surface area contributed by atoms with Gasteiger partial charge in [-0.05, 0) is 13.3 Å². The van der Waals surface area contributed by atoms with Crippen LogP contribution in [0.5, 0.6) is 0 Å². The van der Waals surface area contributed by atoms with Gasteiger partial charge in [-0.2, -0.15) is 0 Å². The van der Waals surface area contributed by atoms with Crippen molar-refractivity contribution in [3.8, 4) is 0 Å². The summed E-state index contributed by atoms with van der Waals surface area (Å²) in [5.74, 6) is -0.694. The number of aromatic nitrogens is 2. The molecule has 9 nitrogen and oxygen atoms in total. The van der Waals surface area contributed by atoms with Crippen molar-refractivity contribution in [2.45, 2.75) is 26.4 Å². The van der Waals surface area contributed by atoms with Crippen LogP contribution in [0, 0.1) is 16.0 Å². The minimum Gasteiger partial charge on any atom is -0.381 e. The number of Topliss-reactive ketones (excluding diaryl/α,β-unsaturated/α-hetero) is 1. The van der Waals surface area contributed by atoms with Gasteiger partial charge in [-0.25, -0.2) is 9.36 Å². The molecule has 1 saturated heterocycles. The highest BCUT2D eigenvalue weighted by molar-refractivity contribution is 5.81. The summed E-state index contributed by atoms with van der Waals surface area (Å²) < 4.78 is 6.75. The van der Waals surface area contributed by atoms with E-state index >= 15 is 0 Å². The summed E-state index contributed by atoms with van der Waals surface area (Å²) in [6.45, 7) is 2.03. The van der Waals surface area contributed by atoms with Gasteiger partial charge in [0.15, 0.2) is 5.78 Å². The average molecular weight is 297 g/mol. The maximum Gasteiger partial charge on any atom is 0.350 e. The number of nitro groups is 1. The van der Waals surface area contributed by atoms with Crippen molar-refractivity contribution in [2.75, 3.05) is 13.2 Å². The zero-order valence-electron chi connectivity index (χ0n) is 11.5. The Morgan fingerprint density at radius 1 is 1.52 bits per heavy atom. The second-order valence-electron chi connectivity index (χ2n) is 4.76. The summed E-state index contributed by atoms with van der Waals surface area (Å²) in [7, 11) is 0. The number of ketones is 1. The molecule has 1 unspecified atom stereocenters. The average Bonchev–Trinajstić information content (AvgIpc) is 2.97. The van der Waals surface area contributed by atoms with Crippen LogP contribution < -0.4 is 11.2 Å². The number of carbonyl (C=O) groups is 1. The minimum atomic E-state index is -1.05. The topological polar surface area (TPSA) is 113 Å². The quantitative estimate of drug-likeness (QED) is 0.537. The Hall–Kier alpha value is -2.29. The van der Waals surface area contributed by atoms with Crippen LogP contribution in [0.1, 0.15) is 13.3 Å². The molecule has 1 fully saturated rings. The van der Waals surface area contributed by atoms with Crippen molar-refractivity contribution in [1.82, 2.24) is 9.13 Å². The Labute approximate surface area is 118 Å². The molecule has 0 bridgehead atoms. The first kappa shape index (κ1) is 15.1. The number of carbonyl (C=O) groups excluding carboxylic acids is 1. The van der Waals surface area contributed by atoms with Crippen molar-refractivity contribution in [3.63, 3.8) is 0 Å². The van der Waals surface area contributed by atoms with Gasteiger partial charge in [-0.1, -0.05) is 0 Å². The molecule has 0 aromatic carbocycles. The van der Waals surface area contributed by atoms with Crippen molar-refractivity contribution in [3.05, 3.63) is 37.1 Å². The molecule has 2 rings (SSSR count). The number of hydrogen-bond acceptors (Lipinski definition) is 6. The number of nitrogens with zero attached hydrogens (tertiary/aromatic N) is 3. The summed E-state index contributed by atoms with van der Waals surface area (Å²) in [5, 5.41) is 10.9. The summed E-state index contributed by atoms with van der Waals surface area (Å²) in [6, 6.07) is 0. The molecular weight excluding hydrogens is 282 g/mol. The first-order valence-electron chi connectivity index (χ1n) is 6.54. The lowest BCUT2D eigenvalue weighted by atomic mass is 10.0. The van der Waals surface area contributed by atoms with E-state index in [9.17, 15) is 24.5 Å². The van der Waals surface area contributed by atoms with Gasteiger partial charge in [-0.3, -0.25) is 24.3 Å². The monoisotopic (exact) mass is 297 g/mol. The molecule has 0 N–H and O–H groups in total. The van der Waals surface area contributed by atoms with Crippen LogP contribution in [0.2, 0.25) is 0 Å². The summed E-state index contributed by atoms with van der Waals surface area (Å²) >= 11 is 0. The predicted molar refractivity (Wildman–Crippen MR) is 71.2 cm³/mol. The van der Waals surface area contributed by atoms with Crippen LogP contribution in [0.25, 0.3) is 0 Å². The van der Waals surface area contributed by atoms with E-state index in [0.717, 1.165) is 10.8 Å². The first-order chi connectivity index (χ1) is 9.95. The van der Waals surface area contributed by atoms with Gasteiger partial charge in [0.25, 0.3) is 0 Å². The van der Waals surface area contributed by atoms with E-state index in [1.807, 2.05) is 0 Å². The normalized spacial score (nSPS) is 17.9. The van der Waals surface area contributed by atoms with Gasteiger partial charge in [0.05, 0.1) is 24.3 Å². The third kappa shape index (κ3) is 2.92. The lowest BCUT2D eigenvalue weighted by Crippen LogP contribution is -2.42. The molecular formula is C12H15N3O6. The molecule has 2 heterocycles. The smallest absolute Gasteiger partial charge is 0.350 e. The number of aryl methyl sites for hydroxylation is 1. The summed E-state index contributed by atoms with van der Waals surface area (Å²) in [4.78, 5) is 46.1. The fourth-order valence-electron chi connectivity index (χ4n) is 2.20. The Balaban J connectivity index is 2.44. The largest absolute Gasteiger partial charge is 0.381 e. The Morgan fingerprint density at radius 3 is 2.76 bits per heavy atom. The van der Waals surface area contributed by atoms with Gasteiger partial charge in [0, 0.05) is 19.1 Å². The van der Waals surface area contributed by atoms with E-state index in [4.69, 9.17) is 4.74 Å². The van der Waals surface area contributed by atoms with Gasteiger partial charge >= 0.3 is 16.9 Å². The third-order valence-corrected chi connectivity index (χ3v) is 3.46. The highest BCUT2D eigenvalue weighted by atomic mass is 16.6. The fraction of sp³-hybridized carbons (Fsp3) is 0.583. The molecule has 1 atom stereocenters. The van der Waals surface area contributed by atoms with E-state index in [2.05, 4.69) is 0 Å². The highest BCUT2D eigenvalue weighted by Crippen LogP contribution is 2.13. The molecule has 21 heavy (non-hydrogen) atoms. The molecule has 1 aromatic heterocycles. The Kier molecular flexibility index (Phi) is 4.32. The maximum absolute atomic E-state index is 12.1. The minimum absolute atomic E-state index is 0.167. The van der Waals surface area contributed by atoms with E-state index in [-0.39, 0.29) is 24.9 Å². The molecule has 1 aliphatic rings. The number of rotatable bonds is 5.